The third-order valence-corrected chi connectivity index (χ3v) is 2.66. The zero-order chi connectivity index (χ0) is 11.4. The average Bonchev–Trinajstić information content (AvgIpc) is 2.30. The van der Waals surface area contributed by atoms with Gasteiger partial charge in [-0.2, -0.15) is 0 Å². The van der Waals surface area contributed by atoms with E-state index < -0.39 is 0 Å². The number of halogens is 1. The van der Waals surface area contributed by atoms with Gasteiger partial charge in [0.15, 0.2) is 0 Å². The third-order valence-electron chi connectivity index (χ3n) is 2.40. The molecule has 0 radical (unpaired) electrons. The molecule has 2 aromatic rings. The Balaban J connectivity index is 2.02. The highest BCUT2D eigenvalue weighted by molar-refractivity contribution is 6.30. The number of benzene rings is 1. The van der Waals surface area contributed by atoms with E-state index in [4.69, 9.17) is 11.6 Å². The van der Waals surface area contributed by atoms with Gasteiger partial charge in [-0.25, -0.2) is 0 Å². The van der Waals surface area contributed by atoms with Crippen LogP contribution in [0.2, 0.25) is 5.02 Å². The molecule has 1 aromatic heterocycles. The number of pyridine rings is 1. The molecule has 3 heteroatoms. The molecule has 0 bridgehead atoms. The molecule has 16 heavy (non-hydrogen) atoms. The predicted molar refractivity (Wildman–Crippen MR) is 67.8 cm³/mol. The Kier molecular flexibility index (Phi) is 3.42. The minimum atomic E-state index is 0.765. The van der Waals surface area contributed by atoms with Gasteiger partial charge in [-0.05, 0) is 36.8 Å². The highest BCUT2D eigenvalue weighted by Gasteiger charge is 1.97. The van der Waals surface area contributed by atoms with Crippen molar-refractivity contribution in [3.05, 3.63) is 58.9 Å². The van der Waals surface area contributed by atoms with E-state index in [-0.39, 0.29) is 0 Å². The molecule has 2 rings (SSSR count). The van der Waals surface area contributed by atoms with Crippen LogP contribution in [0.15, 0.2) is 42.6 Å². The number of nitrogens with one attached hydrogen (secondary N) is 1. The zero-order valence-electron chi connectivity index (χ0n) is 9.07. The van der Waals surface area contributed by atoms with Crippen LogP contribution in [-0.4, -0.2) is 4.98 Å². The number of rotatable bonds is 3. The number of anilines is 1. The van der Waals surface area contributed by atoms with E-state index in [2.05, 4.69) is 10.3 Å². The Hall–Kier alpha value is -1.54. The molecule has 82 valence electrons. The number of nitrogens with zero attached hydrogens (tertiary/aromatic N) is 1. The van der Waals surface area contributed by atoms with Gasteiger partial charge in [0.25, 0.3) is 0 Å². The number of hydrogen-bond donors (Lipinski definition) is 1. The molecular weight excluding hydrogens is 220 g/mol. The van der Waals surface area contributed by atoms with Gasteiger partial charge in [0.05, 0.1) is 11.4 Å². The number of hydrogen-bond acceptors (Lipinski definition) is 2. The molecule has 0 saturated heterocycles. The summed E-state index contributed by atoms with van der Waals surface area (Å²) in [7, 11) is 0. The minimum Gasteiger partial charge on any atom is -0.380 e. The predicted octanol–water partition coefficient (Wildman–Crippen LogP) is 3.66. The van der Waals surface area contributed by atoms with Crippen molar-refractivity contribution in [2.24, 2.45) is 0 Å². The van der Waals surface area contributed by atoms with Gasteiger partial charge in [0.2, 0.25) is 0 Å². The van der Waals surface area contributed by atoms with Gasteiger partial charge in [-0.1, -0.05) is 23.7 Å². The van der Waals surface area contributed by atoms with Crippen LogP contribution in [0, 0.1) is 6.92 Å². The lowest BCUT2D eigenvalue weighted by Crippen LogP contribution is -2.01. The van der Waals surface area contributed by atoms with E-state index >= 15 is 0 Å². The quantitative estimate of drug-likeness (QED) is 0.874. The van der Waals surface area contributed by atoms with Crippen molar-refractivity contribution in [3.8, 4) is 0 Å². The average molecular weight is 233 g/mol. The standard InChI is InChI=1S/C13H13ClN2/c1-10-13(3-2-8-15-10)16-9-11-4-6-12(14)7-5-11/h2-8,16H,9H2,1H3. The van der Waals surface area contributed by atoms with Crippen LogP contribution in [0.3, 0.4) is 0 Å². The first-order valence-corrected chi connectivity index (χ1v) is 5.53. The van der Waals surface area contributed by atoms with Gasteiger partial charge in [-0.15, -0.1) is 0 Å². The molecule has 2 nitrogen and oxygen atoms in total. The summed E-state index contributed by atoms with van der Waals surface area (Å²) in [5, 5.41) is 4.11. The lowest BCUT2D eigenvalue weighted by Gasteiger charge is -2.08. The van der Waals surface area contributed by atoms with Crippen molar-refractivity contribution in [2.45, 2.75) is 13.5 Å². The summed E-state index contributed by atoms with van der Waals surface area (Å²) in [6.45, 7) is 2.77. The lowest BCUT2D eigenvalue weighted by molar-refractivity contribution is 1.11. The van der Waals surface area contributed by atoms with Gasteiger partial charge >= 0.3 is 0 Å². The molecule has 0 spiro atoms. The monoisotopic (exact) mass is 232 g/mol. The number of aryl methyl sites for hydroxylation is 1. The highest BCUT2D eigenvalue weighted by Crippen LogP contribution is 2.14. The van der Waals surface area contributed by atoms with Crippen LogP contribution in [0.5, 0.6) is 0 Å². The Morgan fingerprint density at radius 2 is 1.94 bits per heavy atom. The summed E-state index contributed by atoms with van der Waals surface area (Å²) in [4.78, 5) is 4.22. The molecule has 0 aliphatic rings. The van der Waals surface area contributed by atoms with Crippen molar-refractivity contribution in [1.82, 2.24) is 4.98 Å². The second-order valence-corrected chi connectivity index (χ2v) is 4.05. The van der Waals surface area contributed by atoms with Gasteiger partial charge in [0, 0.05) is 17.8 Å². The topological polar surface area (TPSA) is 24.9 Å². The summed E-state index contributed by atoms with van der Waals surface area (Å²) in [5.41, 5.74) is 3.28. The highest BCUT2D eigenvalue weighted by atomic mass is 35.5. The third kappa shape index (κ3) is 2.74. The Labute approximate surface area is 100 Å². The maximum atomic E-state index is 5.82. The molecule has 0 fully saturated rings. The largest absolute Gasteiger partial charge is 0.380 e. The van der Waals surface area contributed by atoms with Gasteiger partial charge in [0.1, 0.15) is 0 Å². The van der Waals surface area contributed by atoms with E-state index in [0.717, 1.165) is 22.9 Å². The summed E-state index contributed by atoms with van der Waals surface area (Å²) in [6, 6.07) is 11.8. The molecule has 0 amide bonds. The van der Waals surface area contributed by atoms with Crippen LogP contribution < -0.4 is 5.32 Å². The molecule has 0 atom stereocenters. The molecule has 0 aliphatic heterocycles. The van der Waals surface area contributed by atoms with Crippen molar-refractivity contribution >= 4 is 17.3 Å². The van der Waals surface area contributed by atoms with Crippen molar-refractivity contribution in [2.75, 3.05) is 5.32 Å². The second-order valence-electron chi connectivity index (χ2n) is 3.62. The van der Waals surface area contributed by atoms with Crippen molar-refractivity contribution < 1.29 is 0 Å². The molecule has 1 N–H and O–H groups in total. The first-order chi connectivity index (χ1) is 7.75. The normalized spacial score (nSPS) is 10.1. The minimum absolute atomic E-state index is 0.765. The molecular formula is C13H13ClN2. The summed E-state index contributed by atoms with van der Waals surface area (Å²) in [6.07, 6.45) is 1.79. The fourth-order valence-electron chi connectivity index (χ4n) is 1.47. The molecule has 1 aromatic carbocycles. The van der Waals surface area contributed by atoms with Crippen LogP contribution >= 0.6 is 11.6 Å². The SMILES string of the molecule is Cc1ncccc1NCc1ccc(Cl)cc1. The molecule has 0 saturated carbocycles. The second kappa shape index (κ2) is 4.99. The lowest BCUT2D eigenvalue weighted by atomic mass is 10.2. The first-order valence-electron chi connectivity index (χ1n) is 5.15. The van der Waals surface area contributed by atoms with Crippen LogP contribution in [0.25, 0.3) is 0 Å². The fraction of sp³-hybridized carbons (Fsp3) is 0.154. The Bertz CT molecular complexity index is 466. The fourth-order valence-corrected chi connectivity index (χ4v) is 1.60. The zero-order valence-corrected chi connectivity index (χ0v) is 9.83. The van der Waals surface area contributed by atoms with Crippen molar-refractivity contribution in [3.63, 3.8) is 0 Å². The Morgan fingerprint density at radius 1 is 1.19 bits per heavy atom. The van der Waals surface area contributed by atoms with Crippen molar-refractivity contribution in [1.29, 1.82) is 0 Å². The van der Waals surface area contributed by atoms with Crippen LogP contribution in [0.4, 0.5) is 5.69 Å². The number of aromatic nitrogens is 1. The van der Waals surface area contributed by atoms with E-state index in [1.165, 1.54) is 5.56 Å². The molecule has 0 unspecified atom stereocenters. The van der Waals surface area contributed by atoms with E-state index in [1.807, 2.05) is 43.3 Å². The van der Waals surface area contributed by atoms with E-state index in [1.54, 1.807) is 6.20 Å². The van der Waals surface area contributed by atoms with E-state index in [9.17, 15) is 0 Å². The first kappa shape index (κ1) is 11.0. The summed E-state index contributed by atoms with van der Waals surface area (Å²) >= 11 is 5.82. The van der Waals surface area contributed by atoms with Crippen LogP contribution in [0.1, 0.15) is 11.3 Å². The van der Waals surface area contributed by atoms with Crippen LogP contribution in [-0.2, 0) is 6.54 Å². The summed E-state index contributed by atoms with van der Waals surface area (Å²) < 4.78 is 0. The maximum absolute atomic E-state index is 5.82. The molecule has 0 aliphatic carbocycles. The van der Waals surface area contributed by atoms with Gasteiger partial charge in [-0.3, -0.25) is 4.98 Å². The maximum Gasteiger partial charge on any atom is 0.0603 e. The summed E-state index contributed by atoms with van der Waals surface area (Å²) in [5.74, 6) is 0. The van der Waals surface area contributed by atoms with E-state index in [0.29, 0.717) is 0 Å². The van der Waals surface area contributed by atoms with Gasteiger partial charge < -0.3 is 5.32 Å². The molecule has 1 heterocycles. The smallest absolute Gasteiger partial charge is 0.0603 e. The Morgan fingerprint density at radius 3 is 2.62 bits per heavy atom.